The van der Waals surface area contributed by atoms with E-state index in [2.05, 4.69) is 20.3 Å². The van der Waals surface area contributed by atoms with Gasteiger partial charge in [-0.25, -0.2) is 4.39 Å². The lowest BCUT2D eigenvalue weighted by molar-refractivity contribution is 0.0946. The van der Waals surface area contributed by atoms with Gasteiger partial charge >= 0.3 is 0 Å². The summed E-state index contributed by atoms with van der Waals surface area (Å²) >= 11 is 0. The molecule has 1 amide bonds. The van der Waals surface area contributed by atoms with Crippen molar-refractivity contribution in [3.05, 3.63) is 99.5 Å². The summed E-state index contributed by atoms with van der Waals surface area (Å²) in [7, 11) is 0. The first-order chi connectivity index (χ1) is 14.5. The smallest absolute Gasteiger partial charge is 0.265 e. The number of aromatic amines is 1. The highest BCUT2D eigenvalue weighted by Crippen LogP contribution is 2.24. The monoisotopic (exact) mass is 404 g/mol. The summed E-state index contributed by atoms with van der Waals surface area (Å²) in [4.78, 5) is 35.8. The molecular formula is C22H17FN4O3. The molecule has 0 radical (unpaired) electrons. The second kappa shape index (κ2) is 8.12. The van der Waals surface area contributed by atoms with Crippen molar-refractivity contribution >= 4 is 16.9 Å². The van der Waals surface area contributed by atoms with E-state index in [-0.39, 0.29) is 17.9 Å². The maximum atomic E-state index is 13.1. The van der Waals surface area contributed by atoms with Crippen LogP contribution in [-0.4, -0.2) is 26.0 Å². The van der Waals surface area contributed by atoms with Gasteiger partial charge in [-0.15, -0.1) is 0 Å². The van der Waals surface area contributed by atoms with Crippen LogP contribution in [-0.2, 0) is 13.0 Å². The normalized spacial score (nSPS) is 10.8. The van der Waals surface area contributed by atoms with Crippen molar-refractivity contribution in [1.29, 1.82) is 0 Å². The number of aromatic hydroxyl groups is 1. The van der Waals surface area contributed by atoms with Crippen LogP contribution in [0, 0.1) is 5.82 Å². The molecule has 0 aliphatic carbocycles. The number of benzene rings is 1. The molecule has 8 heteroatoms. The lowest BCUT2D eigenvalue weighted by Gasteiger charge is -2.09. The van der Waals surface area contributed by atoms with Crippen LogP contribution in [0.3, 0.4) is 0 Å². The number of rotatable bonds is 5. The predicted octanol–water partition coefficient (Wildman–Crippen LogP) is 2.68. The lowest BCUT2D eigenvalue weighted by Crippen LogP contribution is -2.29. The summed E-state index contributed by atoms with van der Waals surface area (Å²) in [5.74, 6) is -1.53. The number of aromatic nitrogens is 3. The van der Waals surface area contributed by atoms with E-state index < -0.39 is 22.8 Å². The minimum atomic E-state index is -0.724. The number of carbonyl (C=O) groups is 1. The Hall–Kier alpha value is -4.07. The highest BCUT2D eigenvalue weighted by molar-refractivity contribution is 6.01. The van der Waals surface area contributed by atoms with Gasteiger partial charge in [0.25, 0.3) is 11.5 Å². The van der Waals surface area contributed by atoms with Gasteiger partial charge in [0.15, 0.2) is 5.75 Å². The van der Waals surface area contributed by atoms with E-state index >= 15 is 0 Å². The fraction of sp³-hybridized carbons (Fsp3) is 0.0909. The number of carbonyl (C=O) groups excluding carboxylic acids is 1. The van der Waals surface area contributed by atoms with Crippen molar-refractivity contribution in [2.75, 3.05) is 0 Å². The van der Waals surface area contributed by atoms with Crippen LogP contribution in [0.15, 0.2) is 65.7 Å². The van der Waals surface area contributed by atoms with Gasteiger partial charge in [0, 0.05) is 12.4 Å². The zero-order valence-corrected chi connectivity index (χ0v) is 15.7. The average Bonchev–Trinajstić information content (AvgIpc) is 2.74. The molecular weight excluding hydrogens is 387 g/mol. The Morgan fingerprint density at radius 3 is 2.63 bits per heavy atom. The molecule has 3 aromatic heterocycles. The van der Waals surface area contributed by atoms with Gasteiger partial charge < -0.3 is 15.4 Å². The molecule has 3 heterocycles. The minimum absolute atomic E-state index is 0.112. The van der Waals surface area contributed by atoms with E-state index in [0.717, 1.165) is 11.1 Å². The number of H-pyrrole nitrogens is 1. The maximum absolute atomic E-state index is 13.1. The summed E-state index contributed by atoms with van der Waals surface area (Å²) < 4.78 is 13.1. The van der Waals surface area contributed by atoms with E-state index in [1.807, 2.05) is 0 Å². The van der Waals surface area contributed by atoms with Crippen molar-refractivity contribution in [1.82, 2.24) is 20.3 Å². The van der Waals surface area contributed by atoms with Gasteiger partial charge in [0.2, 0.25) is 0 Å². The van der Waals surface area contributed by atoms with Crippen LogP contribution in [0.1, 0.15) is 27.2 Å². The number of fused-ring (bicyclic) bond motifs is 1. The Bertz CT molecular complexity index is 1270. The van der Waals surface area contributed by atoms with Gasteiger partial charge in [-0.05, 0) is 47.9 Å². The van der Waals surface area contributed by atoms with Crippen LogP contribution in [0.2, 0.25) is 0 Å². The second-order valence-electron chi connectivity index (χ2n) is 6.72. The molecule has 0 saturated heterocycles. The molecule has 30 heavy (non-hydrogen) atoms. The third-order valence-electron chi connectivity index (χ3n) is 4.59. The Labute approximate surface area is 170 Å². The first-order valence-corrected chi connectivity index (χ1v) is 9.17. The van der Waals surface area contributed by atoms with E-state index in [0.29, 0.717) is 17.6 Å². The van der Waals surface area contributed by atoms with Gasteiger partial charge in [-0.1, -0.05) is 18.2 Å². The summed E-state index contributed by atoms with van der Waals surface area (Å²) in [5, 5.41) is 13.1. The highest BCUT2D eigenvalue weighted by atomic mass is 19.1. The third-order valence-corrected chi connectivity index (χ3v) is 4.59. The topological polar surface area (TPSA) is 108 Å². The Morgan fingerprint density at radius 2 is 1.90 bits per heavy atom. The van der Waals surface area contributed by atoms with Crippen molar-refractivity contribution in [3.8, 4) is 5.75 Å². The lowest BCUT2D eigenvalue weighted by atomic mass is 10.1. The number of pyridine rings is 3. The molecule has 150 valence electrons. The van der Waals surface area contributed by atoms with Crippen molar-refractivity contribution in [3.63, 3.8) is 0 Å². The molecule has 0 aliphatic rings. The number of amides is 1. The quantitative estimate of drug-likeness (QED) is 0.474. The first-order valence-electron chi connectivity index (χ1n) is 9.17. The van der Waals surface area contributed by atoms with Crippen molar-refractivity contribution in [2.45, 2.75) is 13.0 Å². The summed E-state index contributed by atoms with van der Waals surface area (Å²) in [5.41, 5.74) is 1.53. The molecule has 4 rings (SSSR count). The molecule has 0 spiro atoms. The standard InChI is InChI=1S/C22H17FN4O3/c23-15-6-4-13(5-7-15)9-14-10-17-19(25-11-14)20(28)18(22(30)27-17)21(29)26-12-16-3-1-2-8-24-16/h1-8,10-11H,9,12H2,(H,26,29)(H2,27,28,30). The minimum Gasteiger partial charge on any atom is -0.505 e. The summed E-state index contributed by atoms with van der Waals surface area (Å²) in [6, 6.07) is 13.0. The van der Waals surface area contributed by atoms with E-state index in [1.54, 1.807) is 48.8 Å². The molecule has 0 fully saturated rings. The third kappa shape index (κ3) is 4.02. The summed E-state index contributed by atoms with van der Waals surface area (Å²) in [6.07, 6.45) is 3.60. The van der Waals surface area contributed by atoms with Gasteiger partial charge in [-0.2, -0.15) is 0 Å². The van der Waals surface area contributed by atoms with Crippen LogP contribution >= 0.6 is 0 Å². The van der Waals surface area contributed by atoms with Crippen molar-refractivity contribution < 1.29 is 14.3 Å². The SMILES string of the molecule is O=C(NCc1ccccn1)c1c(O)c2ncc(Cc3ccc(F)cc3)cc2[nH]c1=O. The van der Waals surface area contributed by atoms with Crippen LogP contribution in [0.25, 0.3) is 11.0 Å². The predicted molar refractivity (Wildman–Crippen MR) is 109 cm³/mol. The average molecular weight is 404 g/mol. The van der Waals surface area contributed by atoms with E-state index in [4.69, 9.17) is 0 Å². The zero-order valence-electron chi connectivity index (χ0n) is 15.7. The van der Waals surface area contributed by atoms with Crippen LogP contribution < -0.4 is 10.9 Å². The molecule has 1 aromatic carbocycles. The van der Waals surface area contributed by atoms with Crippen molar-refractivity contribution in [2.24, 2.45) is 0 Å². The maximum Gasteiger partial charge on any atom is 0.265 e. The van der Waals surface area contributed by atoms with Gasteiger partial charge in [0.05, 0.1) is 17.8 Å². The Balaban J connectivity index is 1.60. The number of halogens is 1. The molecule has 0 saturated carbocycles. The largest absolute Gasteiger partial charge is 0.505 e. The second-order valence-corrected chi connectivity index (χ2v) is 6.72. The van der Waals surface area contributed by atoms with E-state index in [1.165, 1.54) is 12.1 Å². The molecule has 0 unspecified atom stereocenters. The highest BCUT2D eigenvalue weighted by Gasteiger charge is 2.20. The molecule has 0 bridgehead atoms. The Kier molecular flexibility index (Phi) is 5.21. The number of nitrogens with one attached hydrogen (secondary N) is 2. The number of nitrogens with zero attached hydrogens (tertiary/aromatic N) is 2. The van der Waals surface area contributed by atoms with Gasteiger partial charge in [-0.3, -0.25) is 19.6 Å². The van der Waals surface area contributed by atoms with Crippen LogP contribution in [0.4, 0.5) is 4.39 Å². The zero-order chi connectivity index (χ0) is 21.1. The molecule has 0 aliphatic heterocycles. The van der Waals surface area contributed by atoms with E-state index in [9.17, 15) is 19.1 Å². The molecule has 0 atom stereocenters. The first kappa shape index (κ1) is 19.3. The van der Waals surface area contributed by atoms with Gasteiger partial charge in [0.1, 0.15) is 16.9 Å². The summed E-state index contributed by atoms with van der Waals surface area (Å²) in [6.45, 7) is 0.112. The molecule has 7 nitrogen and oxygen atoms in total. The molecule has 3 N–H and O–H groups in total. The number of hydrogen-bond acceptors (Lipinski definition) is 5. The molecule has 4 aromatic rings. The fourth-order valence-corrected chi connectivity index (χ4v) is 3.11. The van der Waals surface area contributed by atoms with Crippen LogP contribution in [0.5, 0.6) is 5.75 Å². The number of hydrogen-bond donors (Lipinski definition) is 3. The Morgan fingerprint density at radius 1 is 1.10 bits per heavy atom. The fourth-order valence-electron chi connectivity index (χ4n) is 3.11.